The molecule has 0 saturated carbocycles. The van der Waals surface area contributed by atoms with Gasteiger partial charge in [-0.2, -0.15) is 0 Å². The number of hydrogen-bond acceptors (Lipinski definition) is 5. The van der Waals surface area contributed by atoms with Gasteiger partial charge in [0.1, 0.15) is 0 Å². The molecule has 0 bridgehead atoms. The standard InChI is InChI=1S/C12H23N3O4/c1-4-8(3)15-9(16)6-7-14-11(17)10(13)12(18)19-5-2/h8,10H,4-7,13H2,1-3H3,(H,14,17)(H,15,16). The molecule has 0 saturated heterocycles. The Hall–Kier alpha value is -1.63. The summed E-state index contributed by atoms with van der Waals surface area (Å²) in [7, 11) is 0. The number of amides is 2. The Morgan fingerprint density at radius 2 is 1.89 bits per heavy atom. The molecule has 0 radical (unpaired) electrons. The molecular formula is C12H23N3O4. The van der Waals surface area contributed by atoms with Crippen molar-refractivity contribution in [1.29, 1.82) is 0 Å². The monoisotopic (exact) mass is 273 g/mol. The van der Waals surface area contributed by atoms with Crippen LogP contribution in [0.5, 0.6) is 0 Å². The molecule has 0 aliphatic rings. The molecule has 0 aliphatic heterocycles. The molecule has 2 amide bonds. The molecule has 0 fully saturated rings. The van der Waals surface area contributed by atoms with Gasteiger partial charge in [-0.05, 0) is 20.3 Å². The molecule has 0 aromatic rings. The maximum absolute atomic E-state index is 11.5. The lowest BCUT2D eigenvalue weighted by molar-refractivity contribution is -0.147. The Morgan fingerprint density at radius 1 is 1.26 bits per heavy atom. The Kier molecular flexibility index (Phi) is 8.52. The molecule has 0 heterocycles. The van der Waals surface area contributed by atoms with E-state index in [1.807, 2.05) is 13.8 Å². The van der Waals surface area contributed by atoms with Crippen LogP contribution >= 0.6 is 0 Å². The SMILES string of the molecule is CCOC(=O)C(N)C(=O)NCCC(=O)NC(C)CC. The first-order valence-corrected chi connectivity index (χ1v) is 6.41. The number of carbonyl (C=O) groups excluding carboxylic acids is 3. The zero-order valence-electron chi connectivity index (χ0n) is 11.7. The van der Waals surface area contributed by atoms with Gasteiger partial charge in [-0.15, -0.1) is 0 Å². The summed E-state index contributed by atoms with van der Waals surface area (Å²) in [6.45, 7) is 5.78. The summed E-state index contributed by atoms with van der Waals surface area (Å²) in [5.41, 5.74) is 5.38. The number of rotatable bonds is 8. The predicted molar refractivity (Wildman–Crippen MR) is 70.1 cm³/mol. The van der Waals surface area contributed by atoms with Crippen LogP contribution < -0.4 is 16.4 Å². The van der Waals surface area contributed by atoms with Crippen LogP contribution in [0.25, 0.3) is 0 Å². The third-order valence-corrected chi connectivity index (χ3v) is 2.49. The van der Waals surface area contributed by atoms with E-state index < -0.39 is 17.9 Å². The Morgan fingerprint density at radius 3 is 2.42 bits per heavy atom. The zero-order valence-corrected chi connectivity index (χ0v) is 11.7. The van der Waals surface area contributed by atoms with Crippen molar-refractivity contribution in [3.63, 3.8) is 0 Å². The number of nitrogens with one attached hydrogen (secondary N) is 2. The number of hydrogen-bond donors (Lipinski definition) is 3. The average molecular weight is 273 g/mol. The van der Waals surface area contributed by atoms with Gasteiger partial charge in [0.15, 0.2) is 6.04 Å². The zero-order chi connectivity index (χ0) is 14.8. The van der Waals surface area contributed by atoms with Crippen LogP contribution in [0.2, 0.25) is 0 Å². The van der Waals surface area contributed by atoms with Gasteiger partial charge in [-0.3, -0.25) is 9.59 Å². The lowest BCUT2D eigenvalue weighted by atomic mass is 10.2. The van der Waals surface area contributed by atoms with Crippen molar-refractivity contribution >= 4 is 17.8 Å². The van der Waals surface area contributed by atoms with E-state index in [4.69, 9.17) is 5.73 Å². The highest BCUT2D eigenvalue weighted by molar-refractivity contribution is 6.01. The Balaban J connectivity index is 3.91. The van der Waals surface area contributed by atoms with Crippen molar-refractivity contribution in [1.82, 2.24) is 10.6 Å². The minimum absolute atomic E-state index is 0.102. The second-order valence-corrected chi connectivity index (χ2v) is 4.15. The van der Waals surface area contributed by atoms with E-state index in [9.17, 15) is 14.4 Å². The fraction of sp³-hybridized carbons (Fsp3) is 0.750. The highest BCUT2D eigenvalue weighted by Crippen LogP contribution is 1.90. The van der Waals surface area contributed by atoms with Crippen molar-refractivity contribution in [2.24, 2.45) is 5.73 Å². The molecule has 0 aromatic heterocycles. The van der Waals surface area contributed by atoms with Gasteiger partial charge in [0.2, 0.25) is 11.8 Å². The van der Waals surface area contributed by atoms with Crippen molar-refractivity contribution in [3.8, 4) is 0 Å². The summed E-state index contributed by atoms with van der Waals surface area (Å²) >= 11 is 0. The van der Waals surface area contributed by atoms with E-state index in [2.05, 4.69) is 15.4 Å². The molecule has 110 valence electrons. The van der Waals surface area contributed by atoms with Crippen LogP contribution in [0.4, 0.5) is 0 Å². The summed E-state index contributed by atoms with van der Waals surface area (Å²) in [4.78, 5) is 34.0. The Bertz CT molecular complexity index is 320. The third kappa shape index (κ3) is 7.40. The number of nitrogens with two attached hydrogens (primary N) is 1. The van der Waals surface area contributed by atoms with Gasteiger partial charge in [0, 0.05) is 19.0 Å². The molecule has 0 spiro atoms. The molecular weight excluding hydrogens is 250 g/mol. The van der Waals surface area contributed by atoms with E-state index in [0.29, 0.717) is 0 Å². The van der Waals surface area contributed by atoms with E-state index in [1.165, 1.54) is 0 Å². The fourth-order valence-corrected chi connectivity index (χ4v) is 1.20. The summed E-state index contributed by atoms with van der Waals surface area (Å²) < 4.78 is 4.62. The summed E-state index contributed by atoms with van der Waals surface area (Å²) in [5, 5.41) is 5.18. The van der Waals surface area contributed by atoms with Crippen LogP contribution in [0, 0.1) is 0 Å². The molecule has 0 aliphatic carbocycles. The van der Waals surface area contributed by atoms with Crippen LogP contribution in [-0.4, -0.2) is 43.0 Å². The molecule has 7 nitrogen and oxygen atoms in total. The van der Waals surface area contributed by atoms with E-state index in [0.717, 1.165) is 6.42 Å². The van der Waals surface area contributed by atoms with E-state index in [-0.39, 0.29) is 31.5 Å². The van der Waals surface area contributed by atoms with Gasteiger partial charge in [0.05, 0.1) is 6.61 Å². The van der Waals surface area contributed by atoms with Crippen molar-refractivity contribution < 1.29 is 19.1 Å². The smallest absolute Gasteiger partial charge is 0.332 e. The fourth-order valence-electron chi connectivity index (χ4n) is 1.20. The maximum Gasteiger partial charge on any atom is 0.332 e. The van der Waals surface area contributed by atoms with E-state index in [1.54, 1.807) is 6.92 Å². The molecule has 19 heavy (non-hydrogen) atoms. The lowest BCUT2D eigenvalue weighted by Crippen LogP contribution is -2.47. The highest BCUT2D eigenvalue weighted by Gasteiger charge is 2.22. The quantitative estimate of drug-likeness (QED) is 0.400. The first-order chi connectivity index (χ1) is 8.92. The highest BCUT2D eigenvalue weighted by atomic mass is 16.5. The molecule has 0 aromatic carbocycles. The molecule has 0 rings (SSSR count). The van der Waals surface area contributed by atoms with Gasteiger partial charge >= 0.3 is 5.97 Å². The van der Waals surface area contributed by atoms with Crippen LogP contribution in [0.1, 0.15) is 33.6 Å². The van der Waals surface area contributed by atoms with Crippen molar-refractivity contribution in [3.05, 3.63) is 0 Å². The van der Waals surface area contributed by atoms with Crippen LogP contribution in [-0.2, 0) is 19.1 Å². The normalized spacial score (nSPS) is 13.3. The Labute approximate surface area is 113 Å². The van der Waals surface area contributed by atoms with Crippen LogP contribution in [0.15, 0.2) is 0 Å². The lowest BCUT2D eigenvalue weighted by Gasteiger charge is -2.13. The minimum Gasteiger partial charge on any atom is -0.464 e. The second-order valence-electron chi connectivity index (χ2n) is 4.15. The molecule has 7 heteroatoms. The largest absolute Gasteiger partial charge is 0.464 e. The second kappa shape index (κ2) is 9.32. The van der Waals surface area contributed by atoms with Crippen molar-refractivity contribution in [2.75, 3.05) is 13.2 Å². The third-order valence-electron chi connectivity index (χ3n) is 2.49. The molecule has 2 atom stereocenters. The first kappa shape index (κ1) is 17.4. The number of esters is 1. The summed E-state index contributed by atoms with van der Waals surface area (Å²) in [6.07, 6.45) is 0.984. The summed E-state index contributed by atoms with van der Waals surface area (Å²) in [6, 6.07) is -1.25. The predicted octanol–water partition coefficient (Wildman–Crippen LogP) is -0.702. The minimum atomic E-state index is -1.35. The maximum atomic E-state index is 11.5. The van der Waals surface area contributed by atoms with Gasteiger partial charge in [0.25, 0.3) is 0 Å². The summed E-state index contributed by atoms with van der Waals surface area (Å²) in [5.74, 6) is -1.57. The molecule has 2 unspecified atom stereocenters. The average Bonchev–Trinajstić information content (AvgIpc) is 2.37. The van der Waals surface area contributed by atoms with Gasteiger partial charge < -0.3 is 21.1 Å². The van der Waals surface area contributed by atoms with Gasteiger partial charge in [-0.1, -0.05) is 6.92 Å². The van der Waals surface area contributed by atoms with E-state index >= 15 is 0 Å². The molecule has 4 N–H and O–H groups in total. The number of ether oxygens (including phenoxy) is 1. The number of carbonyl (C=O) groups is 3. The first-order valence-electron chi connectivity index (χ1n) is 6.41. The van der Waals surface area contributed by atoms with Gasteiger partial charge in [-0.25, -0.2) is 4.79 Å². The topological polar surface area (TPSA) is 111 Å². The van der Waals surface area contributed by atoms with Crippen LogP contribution in [0.3, 0.4) is 0 Å². The van der Waals surface area contributed by atoms with Crippen molar-refractivity contribution in [2.45, 2.75) is 45.7 Å².